The summed E-state index contributed by atoms with van der Waals surface area (Å²) in [5, 5.41) is 2.94. The highest BCUT2D eigenvalue weighted by Crippen LogP contribution is 2.40. The van der Waals surface area contributed by atoms with Gasteiger partial charge >= 0.3 is 12.1 Å². The summed E-state index contributed by atoms with van der Waals surface area (Å²) in [6.45, 7) is 5.53. The van der Waals surface area contributed by atoms with Crippen molar-refractivity contribution in [1.82, 2.24) is 14.7 Å². The van der Waals surface area contributed by atoms with Crippen molar-refractivity contribution >= 4 is 27.4 Å². The zero-order valence-corrected chi connectivity index (χ0v) is 22.1. The van der Waals surface area contributed by atoms with E-state index in [1.165, 1.54) is 24.3 Å². The fourth-order valence-corrected chi connectivity index (χ4v) is 4.75. The van der Waals surface area contributed by atoms with Gasteiger partial charge in [0, 0.05) is 18.4 Å². The normalized spacial score (nSPS) is 12.2. The Bertz CT molecular complexity index is 1350. The standard InChI is InChI=1S/C25H27ClF3N3O4S/c1-4-31(5-2)13-14-36-21(33)16-32-23(22(26)24(30-32)25(27,28)29)18-11-9-17(10-12-18)19-7-6-8-20(15-19)37(3,34)35/h6-12,15H,4-5,13-14,16H2,1-3H3. The molecule has 0 saturated carbocycles. The molecule has 0 aliphatic rings. The topological polar surface area (TPSA) is 81.5 Å². The number of benzene rings is 2. The summed E-state index contributed by atoms with van der Waals surface area (Å²) >= 11 is 6.11. The van der Waals surface area contributed by atoms with Gasteiger partial charge in [-0.05, 0) is 36.3 Å². The lowest BCUT2D eigenvalue weighted by molar-refractivity contribution is -0.146. The van der Waals surface area contributed by atoms with Gasteiger partial charge in [-0.25, -0.2) is 8.42 Å². The van der Waals surface area contributed by atoms with Gasteiger partial charge in [-0.3, -0.25) is 9.48 Å². The van der Waals surface area contributed by atoms with Crippen molar-refractivity contribution in [2.45, 2.75) is 31.5 Å². The molecule has 0 bridgehead atoms. The minimum Gasteiger partial charge on any atom is -0.463 e. The Hall–Kier alpha value is -2.89. The van der Waals surface area contributed by atoms with E-state index in [0.29, 0.717) is 23.2 Å². The molecule has 7 nitrogen and oxygen atoms in total. The van der Waals surface area contributed by atoms with Crippen molar-refractivity contribution in [1.29, 1.82) is 0 Å². The molecule has 12 heteroatoms. The Morgan fingerprint density at radius 1 is 1.05 bits per heavy atom. The van der Waals surface area contributed by atoms with Crippen LogP contribution in [0.1, 0.15) is 19.5 Å². The van der Waals surface area contributed by atoms with Crippen molar-refractivity contribution in [2.24, 2.45) is 0 Å². The molecule has 0 unspecified atom stereocenters. The molecule has 0 atom stereocenters. The Morgan fingerprint density at radius 3 is 2.24 bits per heavy atom. The summed E-state index contributed by atoms with van der Waals surface area (Å²) < 4.78 is 70.5. The molecule has 0 aliphatic carbocycles. The third-order valence-corrected chi connectivity index (χ3v) is 7.23. The van der Waals surface area contributed by atoms with E-state index in [9.17, 15) is 26.4 Å². The van der Waals surface area contributed by atoms with Gasteiger partial charge in [0.05, 0.1) is 15.6 Å². The number of carbonyl (C=O) groups excluding carboxylic acids is 1. The molecule has 0 amide bonds. The number of rotatable bonds is 10. The molecule has 0 N–H and O–H groups in total. The second-order valence-electron chi connectivity index (χ2n) is 8.29. The maximum absolute atomic E-state index is 13.6. The van der Waals surface area contributed by atoms with Crippen molar-refractivity contribution < 1.29 is 31.1 Å². The zero-order valence-electron chi connectivity index (χ0n) is 20.5. The summed E-state index contributed by atoms with van der Waals surface area (Å²) in [6.07, 6.45) is -3.72. The van der Waals surface area contributed by atoms with E-state index in [1.54, 1.807) is 24.3 Å². The molecular formula is C25H27ClF3N3O4S. The molecule has 1 heterocycles. The summed E-state index contributed by atoms with van der Waals surface area (Å²) in [4.78, 5) is 14.6. The summed E-state index contributed by atoms with van der Waals surface area (Å²) in [6, 6.07) is 12.6. The Labute approximate surface area is 218 Å². The molecule has 37 heavy (non-hydrogen) atoms. The van der Waals surface area contributed by atoms with Crippen molar-refractivity contribution in [3.05, 3.63) is 59.2 Å². The number of alkyl halides is 3. The third kappa shape index (κ3) is 7.12. The van der Waals surface area contributed by atoms with Crippen LogP contribution < -0.4 is 0 Å². The Kier molecular flexibility index (Phi) is 9.04. The van der Waals surface area contributed by atoms with Gasteiger partial charge in [-0.15, -0.1) is 0 Å². The predicted molar refractivity (Wildman–Crippen MR) is 135 cm³/mol. The summed E-state index contributed by atoms with van der Waals surface area (Å²) in [5.74, 6) is -0.740. The highest BCUT2D eigenvalue weighted by Gasteiger charge is 2.39. The van der Waals surface area contributed by atoms with E-state index in [2.05, 4.69) is 5.10 Å². The van der Waals surface area contributed by atoms with Gasteiger partial charge in [-0.1, -0.05) is 61.8 Å². The van der Waals surface area contributed by atoms with Gasteiger partial charge < -0.3 is 9.64 Å². The second-order valence-corrected chi connectivity index (χ2v) is 10.7. The van der Waals surface area contributed by atoms with Crippen LogP contribution in [0.3, 0.4) is 0 Å². The SMILES string of the molecule is CCN(CC)CCOC(=O)Cn1nc(C(F)(F)F)c(Cl)c1-c1ccc(-c2cccc(S(C)(=O)=O)c2)cc1. The number of aromatic nitrogens is 2. The van der Waals surface area contributed by atoms with E-state index in [0.717, 1.165) is 24.0 Å². The highest BCUT2D eigenvalue weighted by atomic mass is 35.5. The zero-order chi connectivity index (χ0) is 27.4. The largest absolute Gasteiger partial charge is 0.463 e. The van der Waals surface area contributed by atoms with Crippen LogP contribution in [0.25, 0.3) is 22.4 Å². The Balaban J connectivity index is 1.91. The number of carbonyl (C=O) groups is 1. The molecule has 3 aromatic rings. The number of halogens is 4. The molecule has 3 rings (SSSR count). The van der Waals surface area contributed by atoms with Gasteiger partial charge in [0.15, 0.2) is 15.5 Å². The Morgan fingerprint density at radius 2 is 1.68 bits per heavy atom. The second kappa shape index (κ2) is 11.7. The number of likely N-dealkylation sites (N-methyl/N-ethyl adjacent to an activating group) is 1. The van der Waals surface area contributed by atoms with E-state index < -0.39 is 39.2 Å². The molecular weight excluding hydrogens is 531 g/mol. The molecule has 1 aromatic heterocycles. The van der Waals surface area contributed by atoms with E-state index in [1.807, 2.05) is 18.7 Å². The van der Waals surface area contributed by atoms with Crippen molar-refractivity contribution in [2.75, 3.05) is 32.5 Å². The average molecular weight is 558 g/mol. The van der Waals surface area contributed by atoms with Gasteiger partial charge in [0.1, 0.15) is 13.2 Å². The first-order valence-corrected chi connectivity index (χ1v) is 13.7. The first-order chi connectivity index (χ1) is 17.3. The number of hydrogen-bond donors (Lipinski definition) is 0. The number of ether oxygens (including phenoxy) is 1. The van der Waals surface area contributed by atoms with Crippen molar-refractivity contribution in [3.63, 3.8) is 0 Å². The van der Waals surface area contributed by atoms with Gasteiger partial charge in [0.2, 0.25) is 0 Å². The molecule has 0 spiro atoms. The lowest BCUT2D eigenvalue weighted by Crippen LogP contribution is -2.28. The van der Waals surface area contributed by atoms with Crippen LogP contribution in [0.2, 0.25) is 5.02 Å². The molecule has 0 aliphatic heterocycles. The molecule has 0 fully saturated rings. The number of nitrogens with zero attached hydrogens (tertiary/aromatic N) is 3. The van der Waals surface area contributed by atoms with Crippen molar-refractivity contribution in [3.8, 4) is 22.4 Å². The van der Waals surface area contributed by atoms with E-state index in [-0.39, 0.29) is 17.2 Å². The van der Waals surface area contributed by atoms with Gasteiger partial charge in [0.25, 0.3) is 0 Å². The van der Waals surface area contributed by atoms with E-state index in [4.69, 9.17) is 16.3 Å². The first kappa shape index (κ1) is 28.7. The maximum Gasteiger partial charge on any atom is 0.436 e. The highest BCUT2D eigenvalue weighted by molar-refractivity contribution is 7.90. The predicted octanol–water partition coefficient (Wildman–Crippen LogP) is 5.18. The van der Waals surface area contributed by atoms with Crippen LogP contribution in [0, 0.1) is 0 Å². The molecule has 0 saturated heterocycles. The molecule has 0 radical (unpaired) electrons. The number of hydrogen-bond acceptors (Lipinski definition) is 6. The van der Waals surface area contributed by atoms with Crippen LogP contribution in [0.15, 0.2) is 53.4 Å². The van der Waals surface area contributed by atoms with Crippen LogP contribution in [-0.4, -0.2) is 61.6 Å². The quantitative estimate of drug-likeness (QED) is 0.320. The lowest BCUT2D eigenvalue weighted by atomic mass is 10.0. The average Bonchev–Trinajstić information content (AvgIpc) is 3.17. The smallest absolute Gasteiger partial charge is 0.436 e. The van der Waals surface area contributed by atoms with Crippen LogP contribution in [0.5, 0.6) is 0 Å². The molecule has 2 aromatic carbocycles. The third-order valence-electron chi connectivity index (χ3n) is 5.76. The maximum atomic E-state index is 13.6. The minimum absolute atomic E-state index is 0.0777. The molecule has 200 valence electrons. The lowest BCUT2D eigenvalue weighted by Gasteiger charge is -2.17. The minimum atomic E-state index is -4.82. The monoisotopic (exact) mass is 557 g/mol. The number of esters is 1. The van der Waals surface area contributed by atoms with Gasteiger partial charge in [-0.2, -0.15) is 18.3 Å². The number of sulfone groups is 1. The first-order valence-electron chi connectivity index (χ1n) is 11.5. The summed E-state index contributed by atoms with van der Waals surface area (Å²) in [7, 11) is -3.42. The van der Waals surface area contributed by atoms with Crippen LogP contribution in [0.4, 0.5) is 13.2 Å². The van der Waals surface area contributed by atoms with Crippen LogP contribution >= 0.6 is 11.6 Å². The fourth-order valence-electron chi connectivity index (χ4n) is 3.73. The summed E-state index contributed by atoms with van der Waals surface area (Å²) in [5.41, 5.74) is 0.174. The van der Waals surface area contributed by atoms with E-state index >= 15 is 0 Å². The van der Waals surface area contributed by atoms with Crippen LogP contribution in [-0.2, 0) is 32.1 Å². The fraction of sp³-hybridized carbons (Fsp3) is 0.360.